The zero-order valence-corrected chi connectivity index (χ0v) is 17.6. The molecule has 0 radical (unpaired) electrons. The number of hydrogen-bond acceptors (Lipinski definition) is 6. The molecule has 0 saturated carbocycles. The van der Waals surface area contributed by atoms with Crippen LogP contribution in [0.15, 0.2) is 39.4 Å². The number of hydrogen-bond donors (Lipinski definition) is 1. The number of thiophene rings is 1. The van der Waals surface area contributed by atoms with Crippen LogP contribution in [-0.2, 0) is 20.0 Å². The molecule has 1 aromatic heterocycles. The summed E-state index contributed by atoms with van der Waals surface area (Å²) in [6.45, 7) is 2.73. The van der Waals surface area contributed by atoms with Crippen LogP contribution in [0.25, 0.3) is 0 Å². The topological polar surface area (TPSA) is 92.8 Å². The van der Waals surface area contributed by atoms with Crippen molar-refractivity contribution in [2.24, 2.45) is 0 Å². The fraction of sp³-hybridized carbons (Fsp3) is 0.412. The maximum Gasteiger partial charge on any atom is 0.271 e. The smallest absolute Gasteiger partial charge is 0.271 e. The molecule has 1 N–H and O–H groups in total. The molecule has 27 heavy (non-hydrogen) atoms. The predicted molar refractivity (Wildman–Crippen MR) is 105 cm³/mol. The van der Waals surface area contributed by atoms with Crippen molar-refractivity contribution in [3.8, 4) is 5.75 Å². The van der Waals surface area contributed by atoms with Gasteiger partial charge in [0.15, 0.2) is 0 Å². The Labute approximate surface area is 164 Å². The monoisotopic (exact) mass is 430 g/mol. The molecule has 0 amide bonds. The van der Waals surface area contributed by atoms with Gasteiger partial charge in [-0.15, -0.1) is 11.3 Å². The van der Waals surface area contributed by atoms with Crippen molar-refractivity contribution in [1.29, 1.82) is 0 Å². The highest BCUT2D eigenvalue weighted by molar-refractivity contribution is 7.94. The SMILES string of the molecule is COc1ccc(NS(=O)(=O)c2ccc(C)s2)cc1S(=O)(=O)N1CCCCC1. The predicted octanol–water partition coefficient (Wildman–Crippen LogP) is 3.04. The second-order valence-corrected chi connectivity index (χ2v) is 11.4. The van der Waals surface area contributed by atoms with Crippen LogP contribution < -0.4 is 9.46 Å². The summed E-state index contributed by atoms with van der Waals surface area (Å²) in [4.78, 5) is 0.841. The molecule has 0 aliphatic carbocycles. The van der Waals surface area contributed by atoms with Crippen LogP contribution in [0.3, 0.4) is 0 Å². The molecule has 148 valence electrons. The summed E-state index contributed by atoms with van der Waals surface area (Å²) in [6, 6.07) is 7.53. The van der Waals surface area contributed by atoms with E-state index in [4.69, 9.17) is 4.74 Å². The molecule has 1 fully saturated rings. The lowest BCUT2D eigenvalue weighted by Crippen LogP contribution is -2.35. The van der Waals surface area contributed by atoms with E-state index < -0.39 is 20.0 Å². The van der Waals surface area contributed by atoms with E-state index in [0.29, 0.717) is 13.1 Å². The molecule has 10 heteroatoms. The second kappa shape index (κ2) is 7.78. The lowest BCUT2D eigenvalue weighted by Gasteiger charge is -2.26. The van der Waals surface area contributed by atoms with Crippen LogP contribution in [0.4, 0.5) is 5.69 Å². The van der Waals surface area contributed by atoms with Gasteiger partial charge in [0, 0.05) is 18.0 Å². The van der Waals surface area contributed by atoms with Gasteiger partial charge in [-0.05, 0) is 50.1 Å². The number of rotatable bonds is 6. The van der Waals surface area contributed by atoms with E-state index >= 15 is 0 Å². The Bertz CT molecular complexity index is 1020. The zero-order valence-electron chi connectivity index (χ0n) is 15.1. The molecular weight excluding hydrogens is 408 g/mol. The first-order valence-electron chi connectivity index (χ1n) is 8.51. The average Bonchev–Trinajstić information content (AvgIpc) is 3.09. The van der Waals surface area contributed by atoms with Crippen LogP contribution in [0.1, 0.15) is 24.1 Å². The Morgan fingerprint density at radius 1 is 1.04 bits per heavy atom. The van der Waals surface area contributed by atoms with Crippen molar-refractivity contribution in [3.05, 3.63) is 35.2 Å². The van der Waals surface area contributed by atoms with E-state index in [1.54, 1.807) is 6.07 Å². The van der Waals surface area contributed by atoms with E-state index in [9.17, 15) is 16.8 Å². The molecule has 2 heterocycles. The minimum absolute atomic E-state index is 0.0329. The average molecular weight is 431 g/mol. The van der Waals surface area contributed by atoms with Crippen LogP contribution in [0.5, 0.6) is 5.75 Å². The summed E-state index contributed by atoms with van der Waals surface area (Å²) < 4.78 is 60.4. The van der Waals surface area contributed by atoms with Gasteiger partial charge >= 0.3 is 0 Å². The standard InChI is InChI=1S/C17H22N2O5S3/c1-13-6-9-17(25-13)26(20,21)18-14-7-8-15(24-2)16(12-14)27(22,23)19-10-4-3-5-11-19/h6-9,12,18H,3-5,10-11H2,1-2H3. The van der Waals surface area contributed by atoms with E-state index in [1.165, 1.54) is 35.7 Å². The van der Waals surface area contributed by atoms with Crippen LogP contribution in [0.2, 0.25) is 0 Å². The summed E-state index contributed by atoms with van der Waals surface area (Å²) in [7, 11) is -6.16. The van der Waals surface area contributed by atoms with Gasteiger partial charge in [-0.25, -0.2) is 16.8 Å². The quantitative estimate of drug-likeness (QED) is 0.760. The number of nitrogens with one attached hydrogen (secondary N) is 1. The maximum atomic E-state index is 13.0. The summed E-state index contributed by atoms with van der Waals surface area (Å²) >= 11 is 1.15. The van der Waals surface area contributed by atoms with Crippen LogP contribution >= 0.6 is 11.3 Å². The molecular formula is C17H22N2O5S3. The minimum atomic E-state index is -3.78. The lowest BCUT2D eigenvalue weighted by atomic mass is 10.2. The molecule has 3 rings (SSSR count). The Kier molecular flexibility index (Phi) is 5.80. The summed E-state index contributed by atoms with van der Waals surface area (Å²) in [6.07, 6.45) is 2.63. The van der Waals surface area contributed by atoms with Gasteiger partial charge in [0.1, 0.15) is 14.9 Å². The van der Waals surface area contributed by atoms with Crippen molar-refractivity contribution >= 4 is 37.1 Å². The van der Waals surface area contributed by atoms with E-state index in [1.807, 2.05) is 6.92 Å². The number of methoxy groups -OCH3 is 1. The van der Waals surface area contributed by atoms with Gasteiger partial charge in [0.25, 0.3) is 10.0 Å². The molecule has 1 aliphatic rings. The van der Waals surface area contributed by atoms with Crippen molar-refractivity contribution in [3.63, 3.8) is 0 Å². The highest BCUT2D eigenvalue weighted by atomic mass is 32.2. The van der Waals surface area contributed by atoms with Crippen LogP contribution in [0, 0.1) is 6.92 Å². The number of sulfonamides is 2. The van der Waals surface area contributed by atoms with Crippen molar-refractivity contribution in [2.75, 3.05) is 24.9 Å². The Morgan fingerprint density at radius 3 is 2.33 bits per heavy atom. The third-order valence-electron chi connectivity index (χ3n) is 4.33. The second-order valence-electron chi connectivity index (χ2n) is 6.30. The Morgan fingerprint density at radius 2 is 1.74 bits per heavy atom. The minimum Gasteiger partial charge on any atom is -0.495 e. The number of nitrogens with zero attached hydrogens (tertiary/aromatic N) is 1. The molecule has 1 saturated heterocycles. The van der Waals surface area contributed by atoms with E-state index in [2.05, 4.69) is 4.72 Å². The first-order valence-corrected chi connectivity index (χ1v) is 12.3. The fourth-order valence-electron chi connectivity index (χ4n) is 2.95. The fourth-order valence-corrected chi connectivity index (χ4v) is 6.98. The first kappa shape index (κ1) is 20.1. The highest BCUT2D eigenvalue weighted by Gasteiger charge is 2.29. The van der Waals surface area contributed by atoms with E-state index in [-0.39, 0.29) is 20.5 Å². The molecule has 7 nitrogen and oxygen atoms in total. The third-order valence-corrected chi connectivity index (χ3v) is 9.12. The van der Waals surface area contributed by atoms with Gasteiger partial charge in [0.2, 0.25) is 10.0 Å². The zero-order chi connectivity index (χ0) is 19.7. The molecule has 2 aromatic rings. The molecule has 1 aliphatic heterocycles. The summed E-state index contributed by atoms with van der Waals surface area (Å²) in [5.74, 6) is 0.190. The number of aryl methyl sites for hydroxylation is 1. The van der Waals surface area contributed by atoms with Crippen molar-refractivity contribution < 1.29 is 21.6 Å². The number of ether oxygens (including phenoxy) is 1. The molecule has 0 spiro atoms. The van der Waals surface area contributed by atoms with Gasteiger partial charge in [0.05, 0.1) is 12.8 Å². The van der Waals surface area contributed by atoms with Crippen LogP contribution in [-0.4, -0.2) is 41.3 Å². The van der Waals surface area contributed by atoms with Gasteiger partial charge in [-0.3, -0.25) is 4.72 Å². The van der Waals surface area contributed by atoms with Gasteiger partial charge in [-0.2, -0.15) is 4.31 Å². The maximum absolute atomic E-state index is 13.0. The lowest BCUT2D eigenvalue weighted by molar-refractivity contribution is 0.343. The van der Waals surface area contributed by atoms with Gasteiger partial charge < -0.3 is 4.74 Å². The van der Waals surface area contributed by atoms with Crippen molar-refractivity contribution in [1.82, 2.24) is 4.31 Å². The third kappa shape index (κ3) is 4.29. The van der Waals surface area contributed by atoms with Gasteiger partial charge in [-0.1, -0.05) is 6.42 Å². The Balaban J connectivity index is 1.96. The Hall–Kier alpha value is -1.62. The number of benzene rings is 1. The largest absolute Gasteiger partial charge is 0.495 e. The van der Waals surface area contributed by atoms with E-state index in [0.717, 1.165) is 35.5 Å². The number of piperidine rings is 1. The highest BCUT2D eigenvalue weighted by Crippen LogP contribution is 2.32. The molecule has 0 unspecified atom stereocenters. The van der Waals surface area contributed by atoms with Crippen molar-refractivity contribution in [2.45, 2.75) is 35.3 Å². The summed E-state index contributed by atoms with van der Waals surface area (Å²) in [5.41, 5.74) is 0.178. The first-order chi connectivity index (χ1) is 12.7. The molecule has 1 aromatic carbocycles. The molecule has 0 bridgehead atoms. The number of anilines is 1. The normalized spacial score (nSPS) is 16.2. The summed E-state index contributed by atoms with van der Waals surface area (Å²) in [5, 5.41) is 0. The molecule has 0 atom stereocenters.